The molecule has 0 radical (unpaired) electrons. The first kappa shape index (κ1) is 27.1. The molecule has 3 aromatic rings. The molecule has 0 aliphatic carbocycles. The molecular weight excluding hydrogens is 506 g/mol. The molecule has 10 nitrogen and oxygen atoms in total. The lowest BCUT2D eigenvalue weighted by molar-refractivity contribution is -0.123. The molecule has 2 heterocycles. The van der Waals surface area contributed by atoms with E-state index in [1.807, 2.05) is 26.0 Å². The maximum absolute atomic E-state index is 14.2. The number of aromatic nitrogens is 1. The third-order valence-corrected chi connectivity index (χ3v) is 7.53. The fourth-order valence-electron chi connectivity index (χ4n) is 4.42. The van der Waals surface area contributed by atoms with Crippen molar-refractivity contribution in [1.29, 1.82) is 0 Å². The zero-order chi connectivity index (χ0) is 27.4. The van der Waals surface area contributed by atoms with Gasteiger partial charge in [-0.15, -0.1) is 0 Å². The van der Waals surface area contributed by atoms with Crippen molar-refractivity contribution in [2.75, 3.05) is 30.9 Å². The van der Waals surface area contributed by atoms with Gasteiger partial charge >= 0.3 is 0 Å². The van der Waals surface area contributed by atoms with E-state index in [-0.39, 0.29) is 22.4 Å². The van der Waals surface area contributed by atoms with Crippen LogP contribution in [0.2, 0.25) is 0 Å². The largest absolute Gasteiger partial charge is 0.497 e. The molecule has 0 spiro atoms. The summed E-state index contributed by atoms with van der Waals surface area (Å²) in [4.78, 5) is 41.3. The lowest BCUT2D eigenvalue weighted by atomic mass is 9.99. The third kappa shape index (κ3) is 5.48. The number of ether oxygens (including phenoxy) is 2. The highest BCUT2D eigenvalue weighted by Crippen LogP contribution is 2.36. The van der Waals surface area contributed by atoms with Crippen molar-refractivity contribution in [2.24, 2.45) is 5.73 Å². The fourth-order valence-corrected chi connectivity index (χ4v) is 5.16. The van der Waals surface area contributed by atoms with Gasteiger partial charge in [0.05, 0.1) is 18.9 Å². The minimum Gasteiger partial charge on any atom is -0.497 e. The van der Waals surface area contributed by atoms with Gasteiger partial charge in [-0.25, -0.2) is 0 Å². The van der Waals surface area contributed by atoms with Crippen LogP contribution in [0.1, 0.15) is 55.7 Å². The maximum Gasteiger partial charge on any atom is 0.273 e. The topological polar surface area (TPSA) is 150 Å². The van der Waals surface area contributed by atoms with Gasteiger partial charge < -0.3 is 26.3 Å². The highest BCUT2D eigenvalue weighted by Gasteiger charge is 2.37. The van der Waals surface area contributed by atoms with Crippen LogP contribution in [0.15, 0.2) is 42.5 Å². The SMILES string of the molecule is COc1ccc([C@@H](C(=O)NC[C@@H]2CCCO2)N(C(=O)c2snc(C(N)=O)c2N)c2cccc(C)c2C)cc1. The lowest BCUT2D eigenvalue weighted by Gasteiger charge is -2.33. The van der Waals surface area contributed by atoms with Crippen LogP contribution in [0.5, 0.6) is 5.75 Å². The molecule has 1 aliphatic rings. The first-order chi connectivity index (χ1) is 18.2. The summed E-state index contributed by atoms with van der Waals surface area (Å²) in [6.07, 6.45) is 1.69. The van der Waals surface area contributed by atoms with Gasteiger partial charge in [0.15, 0.2) is 5.69 Å². The van der Waals surface area contributed by atoms with Crippen LogP contribution in [0.25, 0.3) is 0 Å². The number of nitrogens with two attached hydrogens (primary N) is 2. The monoisotopic (exact) mass is 537 g/mol. The van der Waals surface area contributed by atoms with Crippen molar-refractivity contribution >= 4 is 40.6 Å². The molecule has 0 bridgehead atoms. The van der Waals surface area contributed by atoms with Crippen molar-refractivity contribution in [3.05, 3.63) is 69.7 Å². The predicted octanol–water partition coefficient (Wildman–Crippen LogP) is 3.13. The summed E-state index contributed by atoms with van der Waals surface area (Å²) in [5.74, 6) is -1.20. The summed E-state index contributed by atoms with van der Waals surface area (Å²) in [5.41, 5.74) is 14.1. The van der Waals surface area contributed by atoms with Gasteiger partial charge in [0.1, 0.15) is 16.7 Å². The number of amides is 3. The van der Waals surface area contributed by atoms with Crippen LogP contribution in [0.3, 0.4) is 0 Å². The van der Waals surface area contributed by atoms with Gasteiger partial charge in [-0.1, -0.05) is 24.3 Å². The normalized spacial score (nSPS) is 15.6. The van der Waals surface area contributed by atoms with E-state index < -0.39 is 23.8 Å². The molecule has 0 saturated carbocycles. The number of hydrogen-bond acceptors (Lipinski definition) is 8. The van der Waals surface area contributed by atoms with E-state index in [2.05, 4.69) is 9.69 Å². The molecule has 0 unspecified atom stereocenters. The summed E-state index contributed by atoms with van der Waals surface area (Å²) >= 11 is 0.771. The van der Waals surface area contributed by atoms with Crippen molar-refractivity contribution in [3.63, 3.8) is 0 Å². The zero-order valence-corrected chi connectivity index (χ0v) is 22.3. The number of nitrogens with one attached hydrogen (secondary N) is 1. The standard InChI is InChI=1S/C27H31N5O5S/c1-15-6-4-8-20(16(15)2)32(27(35)24-21(28)22(25(29)33)31-38-24)23(17-9-11-18(36-3)12-10-17)26(34)30-14-19-7-5-13-37-19/h4,6,8-12,19,23H,5,7,13-14,28H2,1-3H3,(H2,29,33)(H,30,34)/t19-,23-/m0/s1. The number of carbonyl (C=O) groups is 3. The van der Waals surface area contributed by atoms with Gasteiger partial charge in [-0.3, -0.25) is 19.3 Å². The molecule has 200 valence electrons. The Bertz CT molecular complexity index is 1330. The van der Waals surface area contributed by atoms with Gasteiger partial charge in [0.25, 0.3) is 11.8 Å². The van der Waals surface area contributed by atoms with Crippen LogP contribution in [-0.2, 0) is 9.53 Å². The second-order valence-electron chi connectivity index (χ2n) is 9.09. The molecule has 2 atom stereocenters. The van der Waals surface area contributed by atoms with E-state index in [1.165, 1.54) is 4.90 Å². The molecular formula is C27H31N5O5S. The minimum absolute atomic E-state index is 0.0187. The highest BCUT2D eigenvalue weighted by molar-refractivity contribution is 7.09. The summed E-state index contributed by atoms with van der Waals surface area (Å²) in [7, 11) is 1.55. The summed E-state index contributed by atoms with van der Waals surface area (Å²) in [6.45, 7) is 4.77. The van der Waals surface area contributed by atoms with Crippen LogP contribution in [0.4, 0.5) is 11.4 Å². The average molecular weight is 538 g/mol. The van der Waals surface area contributed by atoms with Crippen molar-refractivity contribution < 1.29 is 23.9 Å². The number of hydrogen-bond donors (Lipinski definition) is 3. The number of carbonyl (C=O) groups excluding carboxylic acids is 3. The van der Waals surface area contributed by atoms with Crippen LogP contribution in [-0.4, -0.2) is 48.5 Å². The molecule has 1 aromatic heterocycles. The Morgan fingerprint density at radius 2 is 1.95 bits per heavy atom. The first-order valence-electron chi connectivity index (χ1n) is 12.2. The number of rotatable bonds is 9. The number of nitrogens with zero attached hydrogens (tertiary/aromatic N) is 2. The highest BCUT2D eigenvalue weighted by atomic mass is 32.1. The van der Waals surface area contributed by atoms with Crippen LogP contribution in [0, 0.1) is 13.8 Å². The smallest absolute Gasteiger partial charge is 0.273 e. The first-order valence-corrected chi connectivity index (χ1v) is 13.0. The average Bonchev–Trinajstić information content (AvgIpc) is 3.57. The Morgan fingerprint density at radius 3 is 2.55 bits per heavy atom. The molecule has 2 aromatic carbocycles. The second kappa shape index (κ2) is 11.6. The summed E-state index contributed by atoms with van der Waals surface area (Å²) in [6, 6.07) is 11.4. The predicted molar refractivity (Wildman–Crippen MR) is 145 cm³/mol. The molecule has 38 heavy (non-hydrogen) atoms. The van der Waals surface area contributed by atoms with Crippen LogP contribution >= 0.6 is 11.5 Å². The van der Waals surface area contributed by atoms with Gasteiger partial charge in [-0.2, -0.15) is 4.37 Å². The molecule has 5 N–H and O–H groups in total. The number of benzene rings is 2. The van der Waals surface area contributed by atoms with E-state index in [4.69, 9.17) is 20.9 Å². The Balaban J connectivity index is 1.85. The van der Waals surface area contributed by atoms with E-state index >= 15 is 0 Å². The van der Waals surface area contributed by atoms with E-state index in [9.17, 15) is 14.4 Å². The van der Waals surface area contributed by atoms with E-state index in [1.54, 1.807) is 37.4 Å². The maximum atomic E-state index is 14.2. The number of nitrogen functional groups attached to an aromatic ring is 1. The Hall–Kier alpha value is -3.96. The van der Waals surface area contributed by atoms with Crippen molar-refractivity contribution in [3.8, 4) is 5.75 Å². The fraction of sp³-hybridized carbons (Fsp3) is 0.333. The van der Waals surface area contributed by atoms with Crippen LogP contribution < -0.4 is 26.4 Å². The van der Waals surface area contributed by atoms with Gasteiger partial charge in [0, 0.05) is 18.8 Å². The molecule has 1 saturated heterocycles. The molecule has 4 rings (SSSR count). The number of methoxy groups -OCH3 is 1. The molecule has 11 heteroatoms. The Kier molecular flexibility index (Phi) is 8.28. The summed E-state index contributed by atoms with van der Waals surface area (Å²) in [5, 5.41) is 2.97. The number of primary amides is 1. The molecule has 1 fully saturated rings. The Labute approximate surface area is 225 Å². The molecule has 3 amide bonds. The van der Waals surface area contributed by atoms with Gasteiger partial charge in [0.2, 0.25) is 5.91 Å². The minimum atomic E-state index is -1.08. The number of aryl methyl sites for hydroxylation is 1. The molecule has 1 aliphatic heterocycles. The zero-order valence-electron chi connectivity index (χ0n) is 21.5. The van der Waals surface area contributed by atoms with Crippen molar-refractivity contribution in [2.45, 2.75) is 38.8 Å². The quantitative estimate of drug-likeness (QED) is 0.379. The third-order valence-electron chi connectivity index (χ3n) is 6.68. The van der Waals surface area contributed by atoms with E-state index in [0.717, 1.165) is 35.5 Å². The Morgan fingerprint density at radius 1 is 1.21 bits per heavy atom. The lowest BCUT2D eigenvalue weighted by Crippen LogP contribution is -2.46. The number of anilines is 2. The van der Waals surface area contributed by atoms with Crippen molar-refractivity contribution in [1.82, 2.24) is 9.69 Å². The van der Waals surface area contributed by atoms with E-state index in [0.29, 0.717) is 30.2 Å². The second-order valence-corrected chi connectivity index (χ2v) is 9.86. The van der Waals surface area contributed by atoms with Gasteiger partial charge in [-0.05, 0) is 73.1 Å². The summed E-state index contributed by atoms with van der Waals surface area (Å²) < 4.78 is 15.0.